The standard InChI is InChI=1S/C7H7FN2O2/c1-2-12-7(11)6-9-4-3-5(8)10-6/h3-4H,2H2,1H3. The highest BCUT2D eigenvalue weighted by Gasteiger charge is 2.09. The van der Waals surface area contributed by atoms with Crippen LogP contribution in [0.25, 0.3) is 0 Å². The maximum atomic E-state index is 12.4. The first kappa shape index (κ1) is 8.58. The molecule has 1 heterocycles. The van der Waals surface area contributed by atoms with Gasteiger partial charge in [0.2, 0.25) is 11.8 Å². The quantitative estimate of drug-likeness (QED) is 0.486. The van der Waals surface area contributed by atoms with E-state index in [1.807, 2.05) is 0 Å². The second-order valence-electron chi connectivity index (χ2n) is 1.92. The van der Waals surface area contributed by atoms with E-state index in [2.05, 4.69) is 14.7 Å². The van der Waals surface area contributed by atoms with E-state index in [0.717, 1.165) is 12.3 Å². The first-order valence-corrected chi connectivity index (χ1v) is 3.39. The lowest BCUT2D eigenvalue weighted by Gasteiger charge is -1.98. The van der Waals surface area contributed by atoms with Crippen LogP contribution in [0.15, 0.2) is 12.3 Å². The van der Waals surface area contributed by atoms with Crippen molar-refractivity contribution in [1.82, 2.24) is 9.97 Å². The van der Waals surface area contributed by atoms with E-state index >= 15 is 0 Å². The molecule has 12 heavy (non-hydrogen) atoms. The Morgan fingerprint density at radius 2 is 2.50 bits per heavy atom. The van der Waals surface area contributed by atoms with Crippen molar-refractivity contribution in [2.24, 2.45) is 0 Å². The predicted octanol–water partition coefficient (Wildman–Crippen LogP) is 0.792. The molecule has 0 unspecified atom stereocenters. The van der Waals surface area contributed by atoms with Crippen LogP contribution in [0, 0.1) is 5.95 Å². The van der Waals surface area contributed by atoms with Gasteiger partial charge in [-0.15, -0.1) is 0 Å². The SMILES string of the molecule is CCOC(=O)c1nccc(F)n1. The minimum absolute atomic E-state index is 0.221. The number of hydrogen-bond donors (Lipinski definition) is 0. The monoisotopic (exact) mass is 170 g/mol. The van der Waals surface area contributed by atoms with Crippen LogP contribution in [0.3, 0.4) is 0 Å². The molecule has 4 nitrogen and oxygen atoms in total. The van der Waals surface area contributed by atoms with E-state index in [1.54, 1.807) is 6.92 Å². The summed E-state index contributed by atoms with van der Waals surface area (Å²) < 4.78 is 17.0. The zero-order valence-corrected chi connectivity index (χ0v) is 6.45. The molecule has 1 aromatic rings. The minimum atomic E-state index is -0.743. The third-order valence-corrected chi connectivity index (χ3v) is 1.08. The van der Waals surface area contributed by atoms with Crippen molar-refractivity contribution in [2.75, 3.05) is 6.61 Å². The Kier molecular flexibility index (Phi) is 2.68. The summed E-state index contributed by atoms with van der Waals surface area (Å²) in [5, 5.41) is 0. The minimum Gasteiger partial charge on any atom is -0.460 e. The van der Waals surface area contributed by atoms with Crippen LogP contribution in [0.5, 0.6) is 0 Å². The molecular formula is C7H7FN2O2. The van der Waals surface area contributed by atoms with Crippen molar-refractivity contribution >= 4 is 5.97 Å². The number of rotatable bonds is 2. The van der Waals surface area contributed by atoms with Gasteiger partial charge in [0.1, 0.15) is 0 Å². The van der Waals surface area contributed by atoms with E-state index in [0.29, 0.717) is 0 Å². The second kappa shape index (κ2) is 3.75. The fourth-order valence-electron chi connectivity index (χ4n) is 0.631. The summed E-state index contributed by atoms with van der Waals surface area (Å²) >= 11 is 0. The molecule has 0 N–H and O–H groups in total. The zero-order chi connectivity index (χ0) is 8.97. The number of carbonyl (C=O) groups is 1. The summed E-state index contributed by atoms with van der Waals surface area (Å²) in [4.78, 5) is 17.7. The van der Waals surface area contributed by atoms with Gasteiger partial charge in [-0.3, -0.25) is 0 Å². The maximum absolute atomic E-state index is 12.4. The fourth-order valence-corrected chi connectivity index (χ4v) is 0.631. The van der Waals surface area contributed by atoms with Crippen LogP contribution >= 0.6 is 0 Å². The molecule has 0 bridgehead atoms. The molecule has 0 fully saturated rings. The van der Waals surface area contributed by atoms with E-state index in [-0.39, 0.29) is 12.4 Å². The lowest BCUT2D eigenvalue weighted by atomic mass is 10.5. The van der Waals surface area contributed by atoms with Crippen LogP contribution in [-0.4, -0.2) is 22.5 Å². The Bertz CT molecular complexity index is 290. The first-order valence-electron chi connectivity index (χ1n) is 3.39. The Morgan fingerprint density at radius 1 is 1.75 bits per heavy atom. The summed E-state index contributed by atoms with van der Waals surface area (Å²) in [6.45, 7) is 1.87. The number of hydrogen-bond acceptors (Lipinski definition) is 4. The molecule has 0 aromatic carbocycles. The van der Waals surface area contributed by atoms with Gasteiger partial charge in [-0.2, -0.15) is 9.37 Å². The number of carbonyl (C=O) groups excluding carboxylic acids is 1. The lowest BCUT2D eigenvalue weighted by molar-refractivity contribution is 0.0510. The normalized spacial score (nSPS) is 9.50. The van der Waals surface area contributed by atoms with Crippen LogP contribution in [-0.2, 0) is 4.74 Å². The number of nitrogens with zero attached hydrogens (tertiary/aromatic N) is 2. The van der Waals surface area contributed by atoms with Crippen LogP contribution < -0.4 is 0 Å². The Hall–Kier alpha value is -1.52. The Balaban J connectivity index is 2.81. The Morgan fingerprint density at radius 3 is 3.08 bits per heavy atom. The molecule has 0 saturated carbocycles. The molecule has 1 aromatic heterocycles. The van der Waals surface area contributed by atoms with E-state index in [1.165, 1.54) is 0 Å². The summed E-state index contributed by atoms with van der Waals surface area (Å²) in [6, 6.07) is 1.06. The van der Waals surface area contributed by atoms with Crippen molar-refractivity contribution in [2.45, 2.75) is 6.92 Å². The van der Waals surface area contributed by atoms with Gasteiger partial charge in [-0.1, -0.05) is 0 Å². The van der Waals surface area contributed by atoms with Crippen LogP contribution in [0.4, 0.5) is 4.39 Å². The third-order valence-electron chi connectivity index (χ3n) is 1.08. The van der Waals surface area contributed by atoms with Gasteiger partial charge in [0.05, 0.1) is 6.61 Å². The summed E-state index contributed by atoms with van der Waals surface area (Å²) in [7, 11) is 0. The molecule has 0 aliphatic carbocycles. The highest BCUT2D eigenvalue weighted by molar-refractivity contribution is 5.84. The van der Waals surface area contributed by atoms with E-state index in [4.69, 9.17) is 0 Å². The van der Waals surface area contributed by atoms with Crippen molar-refractivity contribution in [3.05, 3.63) is 24.0 Å². The lowest BCUT2D eigenvalue weighted by Crippen LogP contribution is -2.10. The van der Waals surface area contributed by atoms with E-state index in [9.17, 15) is 9.18 Å². The van der Waals surface area contributed by atoms with Crippen LogP contribution in [0.2, 0.25) is 0 Å². The molecule has 0 aliphatic heterocycles. The van der Waals surface area contributed by atoms with E-state index < -0.39 is 11.9 Å². The summed E-state index contributed by atoms with van der Waals surface area (Å²) in [6.07, 6.45) is 1.16. The average molecular weight is 170 g/mol. The van der Waals surface area contributed by atoms with Crippen molar-refractivity contribution in [1.29, 1.82) is 0 Å². The topological polar surface area (TPSA) is 52.1 Å². The number of aromatic nitrogens is 2. The van der Waals surface area contributed by atoms with Gasteiger partial charge in [-0.05, 0) is 6.92 Å². The molecule has 0 atom stereocenters. The van der Waals surface area contributed by atoms with Crippen molar-refractivity contribution in [3.63, 3.8) is 0 Å². The highest BCUT2D eigenvalue weighted by Crippen LogP contribution is 1.95. The van der Waals surface area contributed by atoms with Gasteiger partial charge < -0.3 is 4.74 Å². The number of ether oxygens (including phenoxy) is 1. The first-order chi connectivity index (χ1) is 5.74. The second-order valence-corrected chi connectivity index (χ2v) is 1.92. The van der Waals surface area contributed by atoms with Gasteiger partial charge in [0.25, 0.3) is 0 Å². The molecule has 0 radical (unpaired) electrons. The van der Waals surface area contributed by atoms with Gasteiger partial charge in [0, 0.05) is 12.3 Å². The van der Waals surface area contributed by atoms with Crippen molar-refractivity contribution < 1.29 is 13.9 Å². The highest BCUT2D eigenvalue weighted by atomic mass is 19.1. The molecular weight excluding hydrogens is 163 g/mol. The molecule has 0 spiro atoms. The molecule has 64 valence electrons. The van der Waals surface area contributed by atoms with Crippen molar-refractivity contribution in [3.8, 4) is 0 Å². The molecule has 5 heteroatoms. The molecule has 0 saturated heterocycles. The largest absolute Gasteiger partial charge is 0.460 e. The molecule has 1 rings (SSSR count). The van der Waals surface area contributed by atoms with Gasteiger partial charge in [-0.25, -0.2) is 9.78 Å². The third kappa shape index (κ3) is 1.98. The smallest absolute Gasteiger partial charge is 0.376 e. The summed E-state index contributed by atoms with van der Waals surface area (Å²) in [5.74, 6) is -1.71. The molecule has 0 amide bonds. The fraction of sp³-hybridized carbons (Fsp3) is 0.286. The summed E-state index contributed by atoms with van der Waals surface area (Å²) in [5.41, 5.74) is 0. The van der Waals surface area contributed by atoms with Crippen LogP contribution in [0.1, 0.15) is 17.5 Å². The zero-order valence-electron chi connectivity index (χ0n) is 6.45. The van der Waals surface area contributed by atoms with Gasteiger partial charge >= 0.3 is 5.97 Å². The predicted molar refractivity (Wildman–Crippen MR) is 37.9 cm³/mol. The maximum Gasteiger partial charge on any atom is 0.376 e. The average Bonchev–Trinajstić information content (AvgIpc) is 2.05. The number of halogens is 1. The molecule has 0 aliphatic rings. The van der Waals surface area contributed by atoms with Gasteiger partial charge in [0.15, 0.2) is 0 Å². The number of esters is 1. The Labute approximate surface area is 68.4 Å².